The zero-order valence-corrected chi connectivity index (χ0v) is 11.7. The minimum Gasteiger partial charge on any atom is -0.392 e. The summed E-state index contributed by atoms with van der Waals surface area (Å²) in [5.41, 5.74) is -0.0233. The summed E-state index contributed by atoms with van der Waals surface area (Å²) in [5.74, 6) is 0.178. The van der Waals surface area contributed by atoms with Crippen LogP contribution in [0.25, 0.3) is 0 Å². The Labute approximate surface area is 118 Å². The van der Waals surface area contributed by atoms with Gasteiger partial charge in [0.1, 0.15) is 12.7 Å². The van der Waals surface area contributed by atoms with E-state index >= 15 is 0 Å². The van der Waals surface area contributed by atoms with E-state index in [1.54, 1.807) is 12.7 Å². The summed E-state index contributed by atoms with van der Waals surface area (Å²) in [7, 11) is 0. The molecule has 1 aromatic rings. The maximum absolute atomic E-state index is 12.3. The lowest BCUT2D eigenvalue weighted by Gasteiger charge is -2.42. The normalized spacial score (nSPS) is 30.1. The molecule has 1 aliphatic carbocycles. The third-order valence-corrected chi connectivity index (χ3v) is 4.87. The number of hydrogen-bond donors (Lipinski definition) is 1. The lowest BCUT2D eigenvalue weighted by molar-refractivity contribution is -0.136. The number of carbonyl (C=O) groups is 1. The van der Waals surface area contributed by atoms with Crippen LogP contribution in [0.1, 0.15) is 38.5 Å². The van der Waals surface area contributed by atoms with Gasteiger partial charge < -0.3 is 14.6 Å². The van der Waals surface area contributed by atoms with Crippen LogP contribution in [0.15, 0.2) is 12.7 Å². The maximum atomic E-state index is 12.3. The summed E-state index contributed by atoms with van der Waals surface area (Å²) >= 11 is 0. The second kappa shape index (κ2) is 5.52. The molecule has 0 aromatic carbocycles. The predicted octanol–water partition coefficient (Wildman–Crippen LogP) is 0.822. The number of piperidine rings is 1. The first kappa shape index (κ1) is 13.5. The van der Waals surface area contributed by atoms with Crippen LogP contribution in [0.3, 0.4) is 0 Å². The van der Waals surface area contributed by atoms with Gasteiger partial charge in [-0.05, 0) is 25.7 Å². The minimum absolute atomic E-state index is 0.0233. The lowest BCUT2D eigenvalue weighted by Crippen LogP contribution is -2.49. The van der Waals surface area contributed by atoms with Crippen LogP contribution in [-0.2, 0) is 11.3 Å². The number of likely N-dealkylation sites (tertiary alicyclic amines) is 1. The number of hydrogen-bond acceptors (Lipinski definition) is 4. The third kappa shape index (κ3) is 2.57. The molecule has 1 amide bonds. The SMILES string of the molecule is O=C(CCn1cnnc1)N1CCC[C@@]2(CCC[C@H]2O)C1. The molecule has 3 rings (SSSR count). The quantitative estimate of drug-likeness (QED) is 0.888. The van der Waals surface area contributed by atoms with Gasteiger partial charge in [0, 0.05) is 31.5 Å². The van der Waals surface area contributed by atoms with Gasteiger partial charge in [0.25, 0.3) is 0 Å². The van der Waals surface area contributed by atoms with Crippen LogP contribution in [0, 0.1) is 5.41 Å². The van der Waals surface area contributed by atoms with Crippen molar-refractivity contribution in [1.82, 2.24) is 19.7 Å². The Balaban J connectivity index is 1.57. The summed E-state index contributed by atoms with van der Waals surface area (Å²) in [5, 5.41) is 17.7. The van der Waals surface area contributed by atoms with E-state index in [2.05, 4.69) is 10.2 Å². The predicted molar refractivity (Wildman–Crippen MR) is 72.7 cm³/mol. The average Bonchev–Trinajstić information content (AvgIpc) is 3.08. The number of amides is 1. The van der Waals surface area contributed by atoms with Crippen LogP contribution >= 0.6 is 0 Å². The topological polar surface area (TPSA) is 71.2 Å². The molecule has 1 aromatic heterocycles. The molecule has 1 saturated carbocycles. The monoisotopic (exact) mass is 278 g/mol. The van der Waals surface area contributed by atoms with E-state index < -0.39 is 0 Å². The van der Waals surface area contributed by atoms with Crippen molar-refractivity contribution < 1.29 is 9.90 Å². The first-order valence-electron chi connectivity index (χ1n) is 7.48. The van der Waals surface area contributed by atoms with Crippen molar-refractivity contribution in [3.63, 3.8) is 0 Å². The molecule has 1 N–H and O–H groups in total. The van der Waals surface area contributed by atoms with Gasteiger partial charge in [0.15, 0.2) is 0 Å². The van der Waals surface area contributed by atoms with Crippen molar-refractivity contribution in [2.45, 2.75) is 51.2 Å². The molecule has 110 valence electrons. The van der Waals surface area contributed by atoms with Crippen LogP contribution in [0.5, 0.6) is 0 Å². The molecule has 2 heterocycles. The lowest BCUT2D eigenvalue weighted by atomic mass is 9.76. The zero-order chi connectivity index (χ0) is 14.0. The number of rotatable bonds is 3. The van der Waals surface area contributed by atoms with Crippen LogP contribution in [0.4, 0.5) is 0 Å². The third-order valence-electron chi connectivity index (χ3n) is 4.87. The fraction of sp³-hybridized carbons (Fsp3) is 0.786. The second-order valence-electron chi connectivity index (χ2n) is 6.14. The van der Waals surface area contributed by atoms with Crippen LogP contribution in [-0.4, -0.2) is 49.9 Å². The van der Waals surface area contributed by atoms with Gasteiger partial charge in [-0.1, -0.05) is 6.42 Å². The molecular formula is C14H22N4O2. The molecule has 0 bridgehead atoms. The van der Waals surface area contributed by atoms with Crippen molar-refractivity contribution >= 4 is 5.91 Å². The van der Waals surface area contributed by atoms with Gasteiger partial charge in [-0.2, -0.15) is 0 Å². The minimum atomic E-state index is -0.226. The van der Waals surface area contributed by atoms with Crippen molar-refractivity contribution in [1.29, 1.82) is 0 Å². The number of nitrogens with zero attached hydrogens (tertiary/aromatic N) is 4. The molecule has 2 fully saturated rings. The van der Waals surface area contributed by atoms with Crippen molar-refractivity contribution in [3.8, 4) is 0 Å². The summed E-state index contributed by atoms with van der Waals surface area (Å²) in [6.07, 6.45) is 8.62. The highest BCUT2D eigenvalue weighted by Gasteiger charge is 2.45. The number of carbonyl (C=O) groups excluding carboxylic acids is 1. The number of aliphatic hydroxyl groups excluding tert-OH is 1. The van der Waals surface area contributed by atoms with Crippen LogP contribution < -0.4 is 0 Å². The van der Waals surface area contributed by atoms with Crippen LogP contribution in [0.2, 0.25) is 0 Å². The number of aliphatic hydroxyl groups is 1. The molecule has 2 aliphatic rings. The Morgan fingerprint density at radius 2 is 2.05 bits per heavy atom. The largest absolute Gasteiger partial charge is 0.392 e. The summed E-state index contributed by atoms with van der Waals surface area (Å²) < 4.78 is 1.82. The van der Waals surface area contributed by atoms with Gasteiger partial charge in [-0.25, -0.2) is 0 Å². The molecule has 1 spiro atoms. The van der Waals surface area contributed by atoms with Gasteiger partial charge in [-0.15, -0.1) is 10.2 Å². The molecule has 6 heteroatoms. The summed E-state index contributed by atoms with van der Waals surface area (Å²) in [6.45, 7) is 2.18. The second-order valence-corrected chi connectivity index (χ2v) is 6.14. The Kier molecular flexibility index (Phi) is 3.74. The van der Waals surface area contributed by atoms with Crippen molar-refractivity contribution in [3.05, 3.63) is 12.7 Å². The van der Waals surface area contributed by atoms with E-state index in [4.69, 9.17) is 0 Å². The highest BCUT2D eigenvalue weighted by Crippen LogP contribution is 2.45. The van der Waals surface area contributed by atoms with Gasteiger partial charge in [0.05, 0.1) is 6.10 Å². The zero-order valence-electron chi connectivity index (χ0n) is 11.7. The summed E-state index contributed by atoms with van der Waals surface area (Å²) in [6, 6.07) is 0. The average molecular weight is 278 g/mol. The smallest absolute Gasteiger partial charge is 0.224 e. The van der Waals surface area contributed by atoms with E-state index in [0.29, 0.717) is 13.0 Å². The van der Waals surface area contributed by atoms with E-state index in [-0.39, 0.29) is 17.4 Å². The maximum Gasteiger partial charge on any atom is 0.224 e. The number of aromatic nitrogens is 3. The molecule has 6 nitrogen and oxygen atoms in total. The standard InChI is InChI=1S/C14H22N4O2/c19-12-3-1-5-14(12)6-2-7-18(9-14)13(20)4-8-17-10-15-16-11-17/h10-12,19H,1-9H2/t12-,14+/m1/s1. The van der Waals surface area contributed by atoms with Gasteiger partial charge in [0.2, 0.25) is 5.91 Å². The van der Waals surface area contributed by atoms with E-state index in [0.717, 1.165) is 45.2 Å². The Bertz CT molecular complexity index is 462. The van der Waals surface area contributed by atoms with E-state index in [9.17, 15) is 9.90 Å². The van der Waals surface area contributed by atoms with Gasteiger partial charge >= 0.3 is 0 Å². The van der Waals surface area contributed by atoms with Gasteiger partial charge in [-0.3, -0.25) is 4.79 Å². The Morgan fingerprint density at radius 3 is 2.75 bits per heavy atom. The summed E-state index contributed by atoms with van der Waals surface area (Å²) in [4.78, 5) is 14.3. The number of aryl methyl sites for hydroxylation is 1. The first-order valence-corrected chi connectivity index (χ1v) is 7.48. The van der Waals surface area contributed by atoms with Crippen molar-refractivity contribution in [2.75, 3.05) is 13.1 Å². The molecule has 0 unspecified atom stereocenters. The highest BCUT2D eigenvalue weighted by molar-refractivity contribution is 5.76. The van der Waals surface area contributed by atoms with E-state index in [1.807, 2.05) is 9.47 Å². The molecule has 2 atom stereocenters. The molecular weight excluding hydrogens is 256 g/mol. The Morgan fingerprint density at radius 1 is 1.30 bits per heavy atom. The molecule has 20 heavy (non-hydrogen) atoms. The first-order chi connectivity index (χ1) is 9.70. The fourth-order valence-electron chi connectivity index (χ4n) is 3.69. The fourth-order valence-corrected chi connectivity index (χ4v) is 3.69. The highest BCUT2D eigenvalue weighted by atomic mass is 16.3. The molecule has 1 aliphatic heterocycles. The van der Waals surface area contributed by atoms with E-state index in [1.165, 1.54) is 0 Å². The van der Waals surface area contributed by atoms with Crippen molar-refractivity contribution in [2.24, 2.45) is 5.41 Å². The Hall–Kier alpha value is -1.43. The molecule has 1 saturated heterocycles. The molecule has 0 radical (unpaired) electrons.